The molecule has 0 aromatic heterocycles. The molecule has 0 heterocycles. The van der Waals surface area contributed by atoms with Crippen molar-refractivity contribution in [3.05, 3.63) is 70.8 Å². The van der Waals surface area contributed by atoms with E-state index in [1.807, 2.05) is 18.2 Å². The fourth-order valence-corrected chi connectivity index (χ4v) is 1.92. The highest BCUT2D eigenvalue weighted by Crippen LogP contribution is 2.10. The number of aryl methyl sites for hydroxylation is 3. The molecule has 0 aliphatic rings. The van der Waals surface area contributed by atoms with E-state index in [2.05, 4.69) is 31.2 Å². The van der Waals surface area contributed by atoms with Crippen molar-refractivity contribution < 1.29 is 4.79 Å². The number of hydrogen-bond acceptors (Lipinski definition) is 1. The van der Waals surface area contributed by atoms with E-state index in [1.54, 1.807) is 6.07 Å². The summed E-state index contributed by atoms with van der Waals surface area (Å²) >= 11 is 0. The van der Waals surface area contributed by atoms with Crippen LogP contribution in [0.1, 0.15) is 27.0 Å². The average Bonchev–Trinajstić information content (AvgIpc) is 2.38. The molecule has 0 bridgehead atoms. The lowest BCUT2D eigenvalue weighted by atomic mass is 10.0. The number of amides is 1. The average molecular weight is 239 g/mol. The molecule has 0 aliphatic heterocycles. The van der Waals surface area contributed by atoms with Gasteiger partial charge in [0.25, 0.3) is 0 Å². The first-order valence-electron chi connectivity index (χ1n) is 6.09. The van der Waals surface area contributed by atoms with Crippen LogP contribution in [-0.4, -0.2) is 5.91 Å². The van der Waals surface area contributed by atoms with Crippen LogP contribution in [0.25, 0.3) is 0 Å². The van der Waals surface area contributed by atoms with Crippen LogP contribution in [0.15, 0.2) is 48.5 Å². The number of carbonyl (C=O) groups is 1. The zero-order chi connectivity index (χ0) is 13.0. The number of hydrogen-bond donors (Lipinski definition) is 1. The third-order valence-electron chi connectivity index (χ3n) is 3.03. The highest BCUT2D eigenvalue weighted by Gasteiger charge is 2.01. The van der Waals surface area contributed by atoms with E-state index >= 15 is 0 Å². The van der Waals surface area contributed by atoms with Gasteiger partial charge >= 0.3 is 0 Å². The van der Waals surface area contributed by atoms with E-state index in [0.29, 0.717) is 5.56 Å². The van der Waals surface area contributed by atoms with Gasteiger partial charge in [0.2, 0.25) is 5.91 Å². The standard InChI is InChI=1S/C16H17NO/c1-12-5-7-13(8-6-12)9-10-14-3-2-4-15(11-14)16(17)18/h2-8,11H,9-10H2,1H3,(H2,17,18). The van der Waals surface area contributed by atoms with Gasteiger partial charge in [0, 0.05) is 5.56 Å². The van der Waals surface area contributed by atoms with Crippen LogP contribution < -0.4 is 5.73 Å². The maximum atomic E-state index is 11.1. The molecule has 2 aromatic rings. The minimum atomic E-state index is -0.368. The van der Waals surface area contributed by atoms with Crippen LogP contribution in [0.2, 0.25) is 0 Å². The summed E-state index contributed by atoms with van der Waals surface area (Å²) in [6.07, 6.45) is 1.90. The van der Waals surface area contributed by atoms with Gasteiger partial charge in [0.15, 0.2) is 0 Å². The Hall–Kier alpha value is -2.09. The Morgan fingerprint density at radius 1 is 1.00 bits per heavy atom. The molecule has 2 aromatic carbocycles. The Morgan fingerprint density at radius 2 is 1.67 bits per heavy atom. The molecule has 0 saturated carbocycles. The number of benzene rings is 2. The highest BCUT2D eigenvalue weighted by molar-refractivity contribution is 5.92. The Bertz CT molecular complexity index is 543. The van der Waals surface area contributed by atoms with Crippen molar-refractivity contribution in [3.63, 3.8) is 0 Å². The van der Waals surface area contributed by atoms with Crippen molar-refractivity contribution in [3.8, 4) is 0 Å². The van der Waals surface area contributed by atoms with E-state index in [9.17, 15) is 4.79 Å². The van der Waals surface area contributed by atoms with Gasteiger partial charge in [-0.1, -0.05) is 42.0 Å². The molecular weight excluding hydrogens is 222 g/mol. The summed E-state index contributed by atoms with van der Waals surface area (Å²) in [7, 11) is 0. The fourth-order valence-electron chi connectivity index (χ4n) is 1.92. The van der Waals surface area contributed by atoms with Crippen molar-refractivity contribution in [1.29, 1.82) is 0 Å². The number of rotatable bonds is 4. The Balaban J connectivity index is 2.04. The van der Waals surface area contributed by atoms with E-state index in [4.69, 9.17) is 5.73 Å². The van der Waals surface area contributed by atoms with Gasteiger partial charge in [0.05, 0.1) is 0 Å². The van der Waals surface area contributed by atoms with Crippen LogP contribution in [0.4, 0.5) is 0 Å². The quantitative estimate of drug-likeness (QED) is 0.876. The van der Waals surface area contributed by atoms with Gasteiger partial charge in [-0.15, -0.1) is 0 Å². The minimum Gasteiger partial charge on any atom is -0.366 e. The van der Waals surface area contributed by atoms with Crippen LogP contribution in [0, 0.1) is 6.92 Å². The van der Waals surface area contributed by atoms with Crippen LogP contribution in [0.3, 0.4) is 0 Å². The monoisotopic (exact) mass is 239 g/mol. The van der Waals surface area contributed by atoms with E-state index in [-0.39, 0.29) is 5.91 Å². The predicted molar refractivity (Wildman–Crippen MR) is 73.5 cm³/mol. The maximum Gasteiger partial charge on any atom is 0.248 e. The largest absolute Gasteiger partial charge is 0.366 e. The molecule has 0 unspecified atom stereocenters. The summed E-state index contributed by atoms with van der Waals surface area (Å²) in [5, 5.41) is 0. The molecule has 2 nitrogen and oxygen atoms in total. The second-order valence-electron chi connectivity index (χ2n) is 4.55. The minimum absolute atomic E-state index is 0.368. The van der Waals surface area contributed by atoms with Crippen LogP contribution in [-0.2, 0) is 12.8 Å². The second kappa shape index (κ2) is 5.50. The van der Waals surface area contributed by atoms with E-state index in [0.717, 1.165) is 18.4 Å². The van der Waals surface area contributed by atoms with Gasteiger partial charge < -0.3 is 5.73 Å². The van der Waals surface area contributed by atoms with Gasteiger partial charge in [-0.3, -0.25) is 4.79 Å². The summed E-state index contributed by atoms with van der Waals surface area (Å²) in [4.78, 5) is 11.1. The van der Waals surface area contributed by atoms with Gasteiger partial charge in [-0.25, -0.2) is 0 Å². The SMILES string of the molecule is Cc1ccc(CCc2cccc(C(N)=O)c2)cc1. The number of carbonyl (C=O) groups excluding carboxylic acids is 1. The molecule has 2 N–H and O–H groups in total. The molecule has 0 aliphatic carbocycles. The zero-order valence-electron chi connectivity index (χ0n) is 10.5. The van der Waals surface area contributed by atoms with Crippen molar-refractivity contribution in [2.24, 2.45) is 5.73 Å². The summed E-state index contributed by atoms with van der Waals surface area (Å²) in [6, 6.07) is 16.1. The first-order valence-corrected chi connectivity index (χ1v) is 6.09. The van der Waals surface area contributed by atoms with Gasteiger partial charge in [0.1, 0.15) is 0 Å². The smallest absolute Gasteiger partial charge is 0.248 e. The van der Waals surface area contributed by atoms with Crippen LogP contribution >= 0.6 is 0 Å². The summed E-state index contributed by atoms with van der Waals surface area (Å²) < 4.78 is 0. The summed E-state index contributed by atoms with van der Waals surface area (Å²) in [5.41, 5.74) is 9.58. The molecule has 0 atom stereocenters. The molecule has 0 saturated heterocycles. The van der Waals surface area contributed by atoms with Gasteiger partial charge in [-0.2, -0.15) is 0 Å². The highest BCUT2D eigenvalue weighted by atomic mass is 16.1. The zero-order valence-corrected chi connectivity index (χ0v) is 10.5. The van der Waals surface area contributed by atoms with Gasteiger partial charge in [-0.05, 0) is 43.0 Å². The first-order chi connectivity index (χ1) is 8.65. The van der Waals surface area contributed by atoms with E-state index in [1.165, 1.54) is 11.1 Å². The van der Waals surface area contributed by atoms with Crippen molar-refractivity contribution in [2.45, 2.75) is 19.8 Å². The Kier molecular flexibility index (Phi) is 3.78. The Morgan fingerprint density at radius 3 is 2.33 bits per heavy atom. The lowest BCUT2D eigenvalue weighted by molar-refractivity contribution is 0.1000. The first kappa shape index (κ1) is 12.4. The topological polar surface area (TPSA) is 43.1 Å². The molecule has 1 amide bonds. The summed E-state index contributed by atoms with van der Waals surface area (Å²) in [6.45, 7) is 2.08. The normalized spacial score (nSPS) is 10.3. The number of nitrogens with two attached hydrogens (primary N) is 1. The predicted octanol–water partition coefficient (Wildman–Crippen LogP) is 2.88. The Labute approximate surface area is 107 Å². The van der Waals surface area contributed by atoms with Crippen molar-refractivity contribution in [2.75, 3.05) is 0 Å². The van der Waals surface area contributed by atoms with E-state index < -0.39 is 0 Å². The molecular formula is C16H17NO. The molecule has 0 spiro atoms. The molecule has 92 valence electrons. The summed E-state index contributed by atoms with van der Waals surface area (Å²) in [5.74, 6) is -0.368. The number of primary amides is 1. The lowest BCUT2D eigenvalue weighted by Gasteiger charge is -2.04. The third-order valence-corrected chi connectivity index (χ3v) is 3.03. The molecule has 0 fully saturated rings. The molecule has 2 heteroatoms. The van der Waals surface area contributed by atoms with Crippen molar-refractivity contribution in [1.82, 2.24) is 0 Å². The van der Waals surface area contributed by atoms with Crippen LogP contribution in [0.5, 0.6) is 0 Å². The van der Waals surface area contributed by atoms with Crippen molar-refractivity contribution >= 4 is 5.91 Å². The molecule has 18 heavy (non-hydrogen) atoms. The third kappa shape index (κ3) is 3.20. The second-order valence-corrected chi connectivity index (χ2v) is 4.55. The molecule has 2 rings (SSSR count). The molecule has 0 radical (unpaired) electrons. The lowest BCUT2D eigenvalue weighted by Crippen LogP contribution is -2.11. The fraction of sp³-hybridized carbons (Fsp3) is 0.188. The maximum absolute atomic E-state index is 11.1.